The minimum Gasteiger partial charge on any atom is -0.323 e. The highest BCUT2D eigenvalue weighted by molar-refractivity contribution is 9.10. The fraction of sp³-hybridized carbons (Fsp3) is 0. The number of nitrogens with two attached hydrogens (primary N) is 1. The van der Waals surface area contributed by atoms with Crippen LogP contribution < -0.4 is 11.3 Å². The molecule has 0 spiro atoms. The van der Waals surface area contributed by atoms with Gasteiger partial charge in [0.05, 0.1) is 5.69 Å². The van der Waals surface area contributed by atoms with E-state index in [1.165, 1.54) is 0 Å². The molecule has 0 aliphatic heterocycles. The van der Waals surface area contributed by atoms with E-state index in [1.807, 2.05) is 12.1 Å². The molecule has 1 radical (unpaired) electrons. The van der Waals surface area contributed by atoms with Gasteiger partial charge in [-0.05, 0) is 12.1 Å². The van der Waals surface area contributed by atoms with E-state index in [1.54, 1.807) is 6.07 Å². The lowest BCUT2D eigenvalue weighted by Crippen LogP contribution is -2.06. The van der Waals surface area contributed by atoms with Gasteiger partial charge in [-0.2, -0.15) is 0 Å². The fourth-order valence-corrected chi connectivity index (χ4v) is 0.883. The zero-order valence-electron chi connectivity index (χ0n) is 4.69. The quantitative estimate of drug-likeness (QED) is 0.515. The number of hydrogen-bond donors (Lipinski definition) is 2. The maximum Gasteiger partial charge on any atom is 0.0575 e. The van der Waals surface area contributed by atoms with Crippen LogP contribution >= 0.6 is 15.9 Å². The summed E-state index contributed by atoms with van der Waals surface area (Å²) in [7, 11) is 0. The normalized spacial score (nSPS) is 9.11. The summed E-state index contributed by atoms with van der Waals surface area (Å²) in [5, 5.41) is 0. The number of benzene rings is 1. The van der Waals surface area contributed by atoms with E-state index in [-0.39, 0.29) is 0 Å². The van der Waals surface area contributed by atoms with Gasteiger partial charge in [0.1, 0.15) is 0 Å². The van der Waals surface area contributed by atoms with Gasteiger partial charge in [0.25, 0.3) is 0 Å². The van der Waals surface area contributed by atoms with Gasteiger partial charge in [0, 0.05) is 10.5 Å². The Morgan fingerprint density at radius 1 is 1.67 bits per heavy atom. The molecule has 0 saturated carbocycles. The van der Waals surface area contributed by atoms with Crippen LogP contribution in [0.4, 0.5) is 5.69 Å². The van der Waals surface area contributed by atoms with Crippen molar-refractivity contribution >= 4 is 21.6 Å². The first-order valence-corrected chi connectivity index (χ1v) is 3.26. The number of nitrogen functional groups attached to an aromatic ring is 1. The van der Waals surface area contributed by atoms with Crippen molar-refractivity contribution in [3.8, 4) is 0 Å². The number of nitrogens with one attached hydrogen (secondary N) is 1. The molecule has 0 aliphatic rings. The Hall–Kier alpha value is -0.540. The van der Waals surface area contributed by atoms with Crippen LogP contribution in [0.1, 0.15) is 0 Å². The first kappa shape index (κ1) is 6.58. The zero-order valence-corrected chi connectivity index (χ0v) is 6.27. The number of rotatable bonds is 1. The molecule has 3 heteroatoms. The molecule has 0 bridgehead atoms. The Balaban J connectivity index is 2.94. The summed E-state index contributed by atoms with van der Waals surface area (Å²) in [5.74, 6) is 5.12. The van der Waals surface area contributed by atoms with E-state index >= 15 is 0 Å². The predicted molar refractivity (Wildman–Crippen MR) is 40.8 cm³/mol. The minimum atomic E-state index is 0.782. The molecule has 1 rings (SSSR count). The van der Waals surface area contributed by atoms with Crippen molar-refractivity contribution in [2.45, 2.75) is 0 Å². The highest BCUT2D eigenvalue weighted by atomic mass is 79.9. The minimum absolute atomic E-state index is 0.782. The molecule has 9 heavy (non-hydrogen) atoms. The maximum atomic E-state index is 5.12. The van der Waals surface area contributed by atoms with Crippen molar-refractivity contribution in [2.75, 3.05) is 5.43 Å². The van der Waals surface area contributed by atoms with Crippen LogP contribution in [-0.4, -0.2) is 0 Å². The monoisotopic (exact) mass is 185 g/mol. The van der Waals surface area contributed by atoms with Crippen LogP contribution in [0.3, 0.4) is 0 Å². The molecule has 1 aromatic carbocycles. The van der Waals surface area contributed by atoms with E-state index < -0.39 is 0 Å². The van der Waals surface area contributed by atoms with Gasteiger partial charge in [0.15, 0.2) is 0 Å². The van der Waals surface area contributed by atoms with Crippen molar-refractivity contribution in [2.24, 2.45) is 5.84 Å². The molecule has 0 aromatic heterocycles. The van der Waals surface area contributed by atoms with Gasteiger partial charge in [0.2, 0.25) is 0 Å². The summed E-state index contributed by atoms with van der Waals surface area (Å²) in [6.45, 7) is 0. The lowest BCUT2D eigenvalue weighted by molar-refractivity contribution is 1.34. The third-order valence-corrected chi connectivity index (χ3v) is 1.41. The van der Waals surface area contributed by atoms with Crippen molar-refractivity contribution < 1.29 is 0 Å². The van der Waals surface area contributed by atoms with Gasteiger partial charge >= 0.3 is 0 Å². The van der Waals surface area contributed by atoms with E-state index in [9.17, 15) is 0 Å². The molecule has 0 saturated heterocycles. The van der Waals surface area contributed by atoms with E-state index in [2.05, 4.69) is 27.4 Å². The second-order valence-corrected chi connectivity index (χ2v) is 2.48. The maximum absolute atomic E-state index is 5.12. The second kappa shape index (κ2) is 2.85. The third-order valence-electron chi connectivity index (χ3n) is 0.919. The van der Waals surface area contributed by atoms with Gasteiger partial charge in [-0.1, -0.05) is 22.0 Å². The van der Waals surface area contributed by atoms with Crippen molar-refractivity contribution in [1.29, 1.82) is 0 Å². The summed E-state index contributed by atoms with van der Waals surface area (Å²) in [4.78, 5) is 0. The van der Waals surface area contributed by atoms with E-state index in [0.717, 1.165) is 10.2 Å². The summed E-state index contributed by atoms with van der Waals surface area (Å²) in [6.07, 6.45) is 0. The Morgan fingerprint density at radius 3 is 2.89 bits per heavy atom. The Kier molecular flexibility index (Phi) is 2.08. The topological polar surface area (TPSA) is 38.0 Å². The Bertz CT molecular complexity index is 200. The molecule has 0 aliphatic carbocycles. The summed E-state index contributed by atoms with van der Waals surface area (Å²) < 4.78 is 0.995. The first-order valence-electron chi connectivity index (χ1n) is 2.47. The average molecular weight is 186 g/mol. The number of halogens is 1. The second-order valence-electron chi connectivity index (χ2n) is 1.56. The van der Waals surface area contributed by atoms with Crippen molar-refractivity contribution in [3.05, 3.63) is 28.7 Å². The van der Waals surface area contributed by atoms with Gasteiger partial charge in [-0.3, -0.25) is 5.84 Å². The smallest absolute Gasteiger partial charge is 0.0575 e. The Morgan fingerprint density at radius 2 is 2.44 bits per heavy atom. The summed E-state index contributed by atoms with van der Waals surface area (Å²) >= 11 is 3.29. The highest BCUT2D eigenvalue weighted by Crippen LogP contribution is 2.13. The molecule has 0 atom stereocenters. The number of hydrazine groups is 1. The third kappa shape index (κ3) is 1.69. The van der Waals surface area contributed by atoms with E-state index in [0.29, 0.717) is 0 Å². The van der Waals surface area contributed by atoms with Gasteiger partial charge in [-0.25, -0.2) is 0 Å². The molecular weight excluding hydrogens is 180 g/mol. The molecule has 3 N–H and O–H groups in total. The molecule has 0 fully saturated rings. The van der Waals surface area contributed by atoms with Crippen LogP contribution in [0.25, 0.3) is 0 Å². The number of hydrogen-bond acceptors (Lipinski definition) is 2. The molecule has 2 nitrogen and oxygen atoms in total. The van der Waals surface area contributed by atoms with Crippen LogP contribution in [0.15, 0.2) is 22.7 Å². The molecule has 47 valence electrons. The van der Waals surface area contributed by atoms with Crippen molar-refractivity contribution in [3.63, 3.8) is 0 Å². The fourth-order valence-electron chi connectivity index (χ4n) is 0.522. The van der Waals surface area contributed by atoms with E-state index in [4.69, 9.17) is 5.84 Å². The van der Waals surface area contributed by atoms with Crippen molar-refractivity contribution in [1.82, 2.24) is 0 Å². The predicted octanol–water partition coefficient (Wildman–Crippen LogP) is 1.53. The molecular formula is C6H6BrN2. The van der Waals surface area contributed by atoms with Gasteiger partial charge < -0.3 is 5.43 Å². The molecule has 0 unspecified atom stereocenters. The average Bonchev–Trinajstić information content (AvgIpc) is 1.88. The SMILES string of the molecule is NNc1[c]ccc(Br)c1. The summed E-state index contributed by atoms with van der Waals surface area (Å²) in [5.41, 5.74) is 3.26. The molecule has 1 aromatic rings. The first-order chi connectivity index (χ1) is 4.33. The van der Waals surface area contributed by atoms with Gasteiger partial charge in [-0.15, -0.1) is 0 Å². The molecule has 0 heterocycles. The molecule has 0 amide bonds. The lowest BCUT2D eigenvalue weighted by Gasteiger charge is -1.96. The van der Waals surface area contributed by atoms with Crippen LogP contribution in [0.5, 0.6) is 0 Å². The Labute approximate surface area is 62.2 Å². The highest BCUT2D eigenvalue weighted by Gasteiger charge is 1.87. The standard InChI is InChI=1S/C6H6BrN2/c7-5-2-1-3-6(4-5)9-8/h1-2,4,9H,8H2. The van der Waals surface area contributed by atoms with Crippen LogP contribution in [-0.2, 0) is 0 Å². The lowest BCUT2D eigenvalue weighted by atomic mass is 10.3. The van der Waals surface area contributed by atoms with Crippen LogP contribution in [0.2, 0.25) is 0 Å². The zero-order chi connectivity index (χ0) is 6.69. The number of anilines is 1. The summed E-state index contributed by atoms with van der Waals surface area (Å²) in [6, 6.07) is 8.42. The van der Waals surface area contributed by atoms with Crippen LogP contribution in [0, 0.1) is 6.07 Å². The largest absolute Gasteiger partial charge is 0.323 e.